The van der Waals surface area contributed by atoms with Crippen molar-refractivity contribution < 1.29 is 16.8 Å². The number of nitrogens with one attached hydrogen (secondary N) is 1. The standard InChI is InChI=1S/C12H18N2O4S2/c1-9(10-4-2-5-10)14-20(17,18)12-7-3-6-11(8-12)19(13,15)16/h3,6-10,14H,2,4-5H2,1H3,(H2,13,15,16). The Balaban J connectivity index is 2.25. The van der Waals surface area contributed by atoms with E-state index in [4.69, 9.17) is 5.14 Å². The first kappa shape index (κ1) is 15.4. The van der Waals surface area contributed by atoms with Crippen molar-refractivity contribution in [2.45, 2.75) is 42.0 Å². The zero-order valence-corrected chi connectivity index (χ0v) is 12.7. The van der Waals surface area contributed by atoms with E-state index in [1.54, 1.807) is 0 Å². The van der Waals surface area contributed by atoms with Gasteiger partial charge in [-0.1, -0.05) is 12.5 Å². The van der Waals surface area contributed by atoms with E-state index in [-0.39, 0.29) is 15.8 Å². The van der Waals surface area contributed by atoms with Gasteiger partial charge in [0.25, 0.3) is 0 Å². The minimum absolute atomic E-state index is 0.0878. The molecule has 0 aliphatic heterocycles. The molecule has 6 nitrogen and oxygen atoms in total. The third-order valence-electron chi connectivity index (χ3n) is 3.64. The fraction of sp³-hybridized carbons (Fsp3) is 0.500. The molecular formula is C12H18N2O4S2. The third-order valence-corrected chi connectivity index (χ3v) is 6.11. The molecule has 1 aromatic carbocycles. The lowest BCUT2D eigenvalue weighted by atomic mass is 9.81. The van der Waals surface area contributed by atoms with Crippen LogP contribution in [0.3, 0.4) is 0 Å². The number of rotatable bonds is 5. The van der Waals surface area contributed by atoms with Crippen LogP contribution in [-0.2, 0) is 20.0 Å². The molecule has 20 heavy (non-hydrogen) atoms. The molecule has 112 valence electrons. The fourth-order valence-corrected chi connectivity index (χ4v) is 4.16. The molecule has 0 saturated heterocycles. The lowest BCUT2D eigenvalue weighted by molar-refractivity contribution is 0.260. The molecule has 1 atom stereocenters. The number of primary sulfonamides is 1. The van der Waals surface area contributed by atoms with Crippen LogP contribution in [0, 0.1) is 5.92 Å². The van der Waals surface area contributed by atoms with Gasteiger partial charge in [-0.05, 0) is 43.9 Å². The van der Waals surface area contributed by atoms with Gasteiger partial charge >= 0.3 is 0 Å². The average molecular weight is 318 g/mol. The topological polar surface area (TPSA) is 106 Å². The van der Waals surface area contributed by atoms with E-state index in [0.29, 0.717) is 5.92 Å². The van der Waals surface area contributed by atoms with E-state index in [1.807, 2.05) is 6.92 Å². The summed E-state index contributed by atoms with van der Waals surface area (Å²) in [6.45, 7) is 1.82. The van der Waals surface area contributed by atoms with Crippen molar-refractivity contribution in [2.24, 2.45) is 11.1 Å². The van der Waals surface area contributed by atoms with Crippen molar-refractivity contribution >= 4 is 20.0 Å². The monoisotopic (exact) mass is 318 g/mol. The highest BCUT2D eigenvalue weighted by Crippen LogP contribution is 2.30. The van der Waals surface area contributed by atoms with E-state index >= 15 is 0 Å². The molecule has 1 unspecified atom stereocenters. The van der Waals surface area contributed by atoms with Crippen molar-refractivity contribution in [3.05, 3.63) is 24.3 Å². The van der Waals surface area contributed by atoms with Gasteiger partial charge in [0.1, 0.15) is 0 Å². The Kier molecular flexibility index (Phi) is 4.19. The maximum absolute atomic E-state index is 12.2. The highest BCUT2D eigenvalue weighted by atomic mass is 32.2. The molecule has 0 radical (unpaired) electrons. The summed E-state index contributed by atoms with van der Waals surface area (Å²) in [7, 11) is -7.65. The molecule has 1 aliphatic rings. The second-order valence-corrected chi connectivity index (χ2v) is 8.40. The average Bonchev–Trinajstić information content (AvgIpc) is 2.24. The highest BCUT2D eigenvalue weighted by Gasteiger charge is 2.28. The molecule has 0 heterocycles. The molecule has 1 aromatic rings. The molecule has 0 amide bonds. The van der Waals surface area contributed by atoms with E-state index in [0.717, 1.165) is 25.3 Å². The van der Waals surface area contributed by atoms with Gasteiger partial charge < -0.3 is 0 Å². The van der Waals surface area contributed by atoms with Crippen LogP contribution in [0.25, 0.3) is 0 Å². The van der Waals surface area contributed by atoms with Gasteiger partial charge in [-0.15, -0.1) is 0 Å². The molecule has 0 aromatic heterocycles. The summed E-state index contributed by atoms with van der Waals surface area (Å²) >= 11 is 0. The van der Waals surface area contributed by atoms with Crippen molar-refractivity contribution in [1.29, 1.82) is 0 Å². The van der Waals surface area contributed by atoms with Gasteiger partial charge in [0, 0.05) is 6.04 Å². The number of sulfonamides is 2. The van der Waals surface area contributed by atoms with Crippen LogP contribution in [0.15, 0.2) is 34.1 Å². The molecule has 1 aliphatic carbocycles. The molecule has 2 rings (SSSR count). The Hall–Kier alpha value is -0.960. The third kappa shape index (κ3) is 3.38. The van der Waals surface area contributed by atoms with Crippen LogP contribution in [0.4, 0.5) is 0 Å². The van der Waals surface area contributed by atoms with Crippen LogP contribution in [0.5, 0.6) is 0 Å². The molecule has 3 N–H and O–H groups in total. The lowest BCUT2D eigenvalue weighted by Gasteiger charge is -2.31. The van der Waals surface area contributed by atoms with Gasteiger partial charge in [-0.25, -0.2) is 26.7 Å². The van der Waals surface area contributed by atoms with Gasteiger partial charge in [-0.2, -0.15) is 0 Å². The molecule has 1 saturated carbocycles. The number of nitrogens with two attached hydrogens (primary N) is 1. The first-order chi connectivity index (χ1) is 9.20. The Labute approximate surface area is 119 Å². The summed E-state index contributed by atoms with van der Waals surface area (Å²) in [5.74, 6) is 0.353. The van der Waals surface area contributed by atoms with Gasteiger partial charge in [-0.3, -0.25) is 0 Å². The predicted octanol–water partition coefficient (Wildman–Crippen LogP) is 0.801. The highest BCUT2D eigenvalue weighted by molar-refractivity contribution is 7.90. The van der Waals surface area contributed by atoms with Gasteiger partial charge in [0.05, 0.1) is 9.79 Å². The van der Waals surface area contributed by atoms with Crippen molar-refractivity contribution in [3.8, 4) is 0 Å². The molecule has 0 spiro atoms. The van der Waals surface area contributed by atoms with Crippen LogP contribution in [-0.4, -0.2) is 22.9 Å². The summed E-state index contributed by atoms with van der Waals surface area (Å²) in [4.78, 5) is -0.299. The van der Waals surface area contributed by atoms with Gasteiger partial charge in [0.15, 0.2) is 0 Å². The SMILES string of the molecule is CC(NS(=O)(=O)c1cccc(S(N)(=O)=O)c1)C1CCC1. The zero-order valence-electron chi connectivity index (χ0n) is 11.1. The fourth-order valence-electron chi connectivity index (χ4n) is 2.17. The first-order valence-electron chi connectivity index (χ1n) is 6.35. The second kappa shape index (κ2) is 5.44. The molecule has 8 heteroatoms. The predicted molar refractivity (Wildman–Crippen MR) is 74.9 cm³/mol. The molecule has 0 bridgehead atoms. The quantitative estimate of drug-likeness (QED) is 0.837. The maximum atomic E-state index is 12.2. The Bertz CT molecular complexity index is 694. The zero-order chi connectivity index (χ0) is 15.0. The van der Waals surface area contributed by atoms with E-state index in [2.05, 4.69) is 4.72 Å². The molecule has 1 fully saturated rings. The van der Waals surface area contributed by atoms with Crippen molar-refractivity contribution in [1.82, 2.24) is 4.72 Å². The van der Waals surface area contributed by atoms with Crippen LogP contribution in [0.2, 0.25) is 0 Å². The summed E-state index contributed by atoms with van der Waals surface area (Å²) < 4.78 is 49.5. The number of hydrogen-bond acceptors (Lipinski definition) is 4. The van der Waals surface area contributed by atoms with Crippen molar-refractivity contribution in [3.63, 3.8) is 0 Å². The summed E-state index contributed by atoms with van der Waals surface area (Å²) in [6.07, 6.45) is 3.15. The van der Waals surface area contributed by atoms with E-state index in [1.165, 1.54) is 18.2 Å². The second-order valence-electron chi connectivity index (χ2n) is 5.12. The number of hydrogen-bond donors (Lipinski definition) is 2. The lowest BCUT2D eigenvalue weighted by Crippen LogP contribution is -2.40. The van der Waals surface area contributed by atoms with Crippen LogP contribution >= 0.6 is 0 Å². The van der Waals surface area contributed by atoms with E-state index in [9.17, 15) is 16.8 Å². The van der Waals surface area contributed by atoms with Gasteiger partial charge in [0.2, 0.25) is 20.0 Å². The normalized spacial score (nSPS) is 18.5. The van der Waals surface area contributed by atoms with E-state index < -0.39 is 20.0 Å². The first-order valence-corrected chi connectivity index (χ1v) is 9.38. The summed E-state index contributed by atoms with van der Waals surface area (Å²) in [6, 6.07) is 4.90. The maximum Gasteiger partial charge on any atom is 0.240 e. The van der Waals surface area contributed by atoms with Crippen LogP contribution < -0.4 is 9.86 Å². The minimum atomic E-state index is -3.92. The smallest absolute Gasteiger partial charge is 0.225 e. The Morgan fingerprint density at radius 2 is 1.80 bits per heavy atom. The van der Waals surface area contributed by atoms with Crippen LogP contribution in [0.1, 0.15) is 26.2 Å². The summed E-state index contributed by atoms with van der Waals surface area (Å²) in [5, 5.41) is 5.01. The summed E-state index contributed by atoms with van der Waals surface area (Å²) in [5.41, 5.74) is 0. The Morgan fingerprint density at radius 3 is 2.30 bits per heavy atom. The Morgan fingerprint density at radius 1 is 1.20 bits per heavy atom. The largest absolute Gasteiger partial charge is 0.240 e. The number of benzene rings is 1. The minimum Gasteiger partial charge on any atom is -0.225 e. The van der Waals surface area contributed by atoms with Crippen molar-refractivity contribution in [2.75, 3.05) is 0 Å². The molecular weight excluding hydrogens is 300 g/mol.